The van der Waals surface area contributed by atoms with Gasteiger partial charge in [-0.15, -0.1) is 0 Å². The molecule has 0 aliphatic heterocycles. The van der Waals surface area contributed by atoms with Crippen LogP contribution >= 0.6 is 0 Å². The van der Waals surface area contributed by atoms with Crippen LogP contribution in [0.3, 0.4) is 0 Å². The number of hydrogen-bond acceptors (Lipinski definition) is 5. The smallest absolute Gasteiger partial charge is 0.123 e. The number of nitrogens with zero attached hydrogens (tertiary/aromatic N) is 4. The molecule has 5 aromatic heterocycles. The van der Waals surface area contributed by atoms with E-state index in [-0.39, 0.29) is 5.82 Å². The molecule has 8 heteroatoms. The Labute approximate surface area is 229 Å². The van der Waals surface area contributed by atoms with Gasteiger partial charge in [-0.05, 0) is 47.5 Å². The van der Waals surface area contributed by atoms with Crippen molar-refractivity contribution in [2.45, 2.75) is 13.1 Å². The molecule has 0 spiro atoms. The summed E-state index contributed by atoms with van der Waals surface area (Å²) < 4.78 is 13.9. The second kappa shape index (κ2) is 10.2. The van der Waals surface area contributed by atoms with Gasteiger partial charge in [0.25, 0.3) is 0 Å². The summed E-state index contributed by atoms with van der Waals surface area (Å²) in [5.74, 6) is -0.295. The fraction of sp³-hybridized carbons (Fsp3) is 0.0625. The molecule has 7 nitrogen and oxygen atoms in total. The second-order valence-corrected chi connectivity index (χ2v) is 9.67. The van der Waals surface area contributed by atoms with Gasteiger partial charge < -0.3 is 10.3 Å². The molecule has 0 fully saturated rings. The minimum absolute atomic E-state index is 0.295. The first-order valence-electron chi connectivity index (χ1n) is 13.0. The van der Waals surface area contributed by atoms with Crippen LogP contribution in [0.15, 0.2) is 104 Å². The largest absolute Gasteiger partial charge is 0.353 e. The van der Waals surface area contributed by atoms with Gasteiger partial charge >= 0.3 is 0 Å². The van der Waals surface area contributed by atoms with Gasteiger partial charge in [0.15, 0.2) is 0 Å². The molecule has 0 aliphatic rings. The molecule has 40 heavy (non-hydrogen) atoms. The summed E-state index contributed by atoms with van der Waals surface area (Å²) in [6.07, 6.45) is 7.22. The maximum Gasteiger partial charge on any atom is 0.123 e. The van der Waals surface area contributed by atoms with E-state index in [0.717, 1.165) is 62.1 Å². The van der Waals surface area contributed by atoms with Crippen molar-refractivity contribution in [2.75, 3.05) is 0 Å². The first-order valence-corrected chi connectivity index (χ1v) is 13.0. The molecule has 0 aliphatic carbocycles. The van der Waals surface area contributed by atoms with E-state index in [2.05, 4.69) is 53.6 Å². The summed E-state index contributed by atoms with van der Waals surface area (Å²) in [5.41, 5.74) is 8.83. The molecule has 0 saturated heterocycles. The lowest BCUT2D eigenvalue weighted by Gasteiger charge is -2.07. The molecule has 0 radical (unpaired) electrons. The fourth-order valence-corrected chi connectivity index (χ4v) is 5.00. The highest BCUT2D eigenvalue weighted by Gasteiger charge is 2.16. The molecule has 194 valence electrons. The second-order valence-electron chi connectivity index (χ2n) is 9.67. The summed E-state index contributed by atoms with van der Waals surface area (Å²) >= 11 is 0. The minimum Gasteiger partial charge on any atom is -0.353 e. The van der Waals surface area contributed by atoms with Gasteiger partial charge in [0.05, 0.1) is 28.8 Å². The van der Waals surface area contributed by atoms with Crippen LogP contribution in [0.2, 0.25) is 0 Å². The van der Waals surface area contributed by atoms with Crippen molar-refractivity contribution < 1.29 is 4.39 Å². The number of rotatable bonds is 7. The zero-order valence-corrected chi connectivity index (χ0v) is 21.4. The molecule has 2 aromatic carbocycles. The van der Waals surface area contributed by atoms with Crippen LogP contribution in [0, 0.1) is 5.82 Å². The predicted molar refractivity (Wildman–Crippen MR) is 155 cm³/mol. The molecule has 7 aromatic rings. The number of aromatic amines is 2. The topological polar surface area (TPSA) is 95.2 Å². The summed E-state index contributed by atoms with van der Waals surface area (Å²) in [5, 5.41) is 13.0. The van der Waals surface area contributed by atoms with Crippen LogP contribution in [-0.2, 0) is 13.1 Å². The molecular weight excluding hydrogens is 501 g/mol. The Bertz CT molecular complexity index is 1960. The van der Waals surface area contributed by atoms with Gasteiger partial charge in [-0.1, -0.05) is 42.5 Å². The SMILES string of the molecule is Fc1cccc(-c2nccc3[nH]c(-c4n[nH]c5cnc(-c6cncc(CNCc7ccccc7)c6)cc45)cc23)c1. The highest BCUT2D eigenvalue weighted by molar-refractivity contribution is 6.00. The number of halogens is 1. The van der Waals surface area contributed by atoms with Crippen LogP contribution < -0.4 is 5.32 Å². The van der Waals surface area contributed by atoms with E-state index in [1.807, 2.05) is 54.9 Å². The third-order valence-electron chi connectivity index (χ3n) is 6.94. The van der Waals surface area contributed by atoms with E-state index in [0.29, 0.717) is 12.2 Å². The molecule has 0 amide bonds. The number of pyridine rings is 3. The average molecular weight is 526 g/mol. The van der Waals surface area contributed by atoms with E-state index in [9.17, 15) is 4.39 Å². The summed E-state index contributed by atoms with van der Waals surface area (Å²) in [6, 6.07) is 24.9. The highest BCUT2D eigenvalue weighted by Crippen LogP contribution is 2.34. The van der Waals surface area contributed by atoms with Crippen molar-refractivity contribution in [2.24, 2.45) is 0 Å². The number of fused-ring (bicyclic) bond motifs is 2. The van der Waals surface area contributed by atoms with Gasteiger partial charge in [-0.25, -0.2) is 4.39 Å². The van der Waals surface area contributed by atoms with Crippen molar-refractivity contribution in [1.82, 2.24) is 35.5 Å². The molecule has 0 atom stereocenters. The molecule has 0 bridgehead atoms. The maximum atomic E-state index is 13.9. The van der Waals surface area contributed by atoms with Crippen LogP contribution in [0.1, 0.15) is 11.1 Å². The lowest BCUT2D eigenvalue weighted by molar-refractivity contribution is 0.628. The Morgan fingerprint density at radius 1 is 0.700 bits per heavy atom. The average Bonchev–Trinajstić information content (AvgIpc) is 3.62. The Morgan fingerprint density at radius 2 is 1.57 bits per heavy atom. The monoisotopic (exact) mass is 525 g/mol. The van der Waals surface area contributed by atoms with E-state index < -0.39 is 0 Å². The molecule has 5 heterocycles. The zero-order valence-electron chi connectivity index (χ0n) is 21.4. The number of H-pyrrole nitrogens is 2. The van der Waals surface area contributed by atoms with Gasteiger partial charge in [-0.2, -0.15) is 5.10 Å². The van der Waals surface area contributed by atoms with Crippen LogP contribution in [-0.4, -0.2) is 30.1 Å². The van der Waals surface area contributed by atoms with Gasteiger partial charge in [0.1, 0.15) is 11.5 Å². The summed E-state index contributed by atoms with van der Waals surface area (Å²) in [7, 11) is 0. The summed E-state index contributed by atoms with van der Waals surface area (Å²) in [4.78, 5) is 17.1. The van der Waals surface area contributed by atoms with Crippen molar-refractivity contribution in [3.63, 3.8) is 0 Å². The minimum atomic E-state index is -0.295. The third-order valence-corrected chi connectivity index (χ3v) is 6.94. The van der Waals surface area contributed by atoms with E-state index in [1.54, 1.807) is 18.5 Å². The van der Waals surface area contributed by atoms with Crippen molar-refractivity contribution in [3.05, 3.63) is 121 Å². The van der Waals surface area contributed by atoms with Crippen molar-refractivity contribution in [1.29, 1.82) is 0 Å². The van der Waals surface area contributed by atoms with E-state index in [1.165, 1.54) is 17.7 Å². The first-order chi connectivity index (χ1) is 19.7. The number of aromatic nitrogens is 6. The normalized spacial score (nSPS) is 11.4. The number of benzene rings is 2. The van der Waals surface area contributed by atoms with Crippen LogP contribution in [0.4, 0.5) is 4.39 Å². The molecule has 3 N–H and O–H groups in total. The molecule has 0 unspecified atom stereocenters. The van der Waals surface area contributed by atoms with E-state index in [4.69, 9.17) is 0 Å². The Kier molecular flexibility index (Phi) is 6.07. The standard InChI is InChI=1S/C32H24FN7/c33-24-8-4-7-22(12-24)31-25-14-29(38-27(25)9-10-36-31)32-26-13-28(37-19-30(26)39-40-32)23-11-21(17-35-18-23)16-34-15-20-5-2-1-3-6-20/h1-14,17-19,34,38H,15-16H2,(H,39,40). The van der Waals surface area contributed by atoms with Gasteiger partial charge in [0.2, 0.25) is 0 Å². The summed E-state index contributed by atoms with van der Waals surface area (Å²) in [6.45, 7) is 1.49. The van der Waals surface area contributed by atoms with Crippen LogP contribution in [0.5, 0.6) is 0 Å². The highest BCUT2D eigenvalue weighted by atomic mass is 19.1. The van der Waals surface area contributed by atoms with E-state index >= 15 is 0 Å². The zero-order chi connectivity index (χ0) is 26.9. The molecule has 0 saturated carbocycles. The fourth-order valence-electron chi connectivity index (χ4n) is 5.00. The Hall–Kier alpha value is -5.21. The number of nitrogens with one attached hydrogen (secondary N) is 3. The molecular formula is C32H24FN7. The van der Waals surface area contributed by atoms with Gasteiger partial charge in [0, 0.05) is 59.1 Å². The molecule has 7 rings (SSSR count). The maximum absolute atomic E-state index is 13.9. The van der Waals surface area contributed by atoms with Crippen LogP contribution in [0.25, 0.3) is 55.7 Å². The predicted octanol–water partition coefficient (Wildman–Crippen LogP) is 6.66. The Balaban J connectivity index is 1.20. The lowest BCUT2D eigenvalue weighted by atomic mass is 10.1. The van der Waals surface area contributed by atoms with Crippen molar-refractivity contribution in [3.8, 4) is 33.9 Å². The lowest BCUT2D eigenvalue weighted by Crippen LogP contribution is -2.12. The third kappa shape index (κ3) is 4.61. The Morgan fingerprint density at radius 3 is 2.48 bits per heavy atom. The number of hydrogen-bond donors (Lipinski definition) is 3. The van der Waals surface area contributed by atoms with Gasteiger partial charge in [-0.3, -0.25) is 20.1 Å². The quantitative estimate of drug-likeness (QED) is 0.216. The first kappa shape index (κ1) is 23.9. The van der Waals surface area contributed by atoms with Crippen molar-refractivity contribution >= 4 is 21.8 Å².